The zero-order chi connectivity index (χ0) is 23.4. The van der Waals surface area contributed by atoms with E-state index in [1.165, 1.54) is 11.0 Å². The van der Waals surface area contributed by atoms with Crippen LogP contribution in [0.2, 0.25) is 0 Å². The molecule has 1 saturated carbocycles. The Labute approximate surface area is 194 Å². The number of esters is 1. The van der Waals surface area contributed by atoms with Gasteiger partial charge in [0.2, 0.25) is 5.91 Å². The first-order valence-electron chi connectivity index (χ1n) is 11.2. The maximum atomic E-state index is 12.7. The Balaban J connectivity index is 1.03. The molecule has 0 radical (unpaired) electrons. The average molecular weight is 461 g/mol. The lowest BCUT2D eigenvalue weighted by atomic mass is 9.95. The summed E-state index contributed by atoms with van der Waals surface area (Å²) in [7, 11) is 0. The highest BCUT2D eigenvalue weighted by Gasteiger charge is 2.59. The second-order valence-corrected chi connectivity index (χ2v) is 9.12. The van der Waals surface area contributed by atoms with Crippen LogP contribution in [0.15, 0.2) is 36.8 Å². The summed E-state index contributed by atoms with van der Waals surface area (Å²) in [6.07, 6.45) is 2.42. The molecule has 34 heavy (non-hydrogen) atoms. The molecule has 4 heterocycles. The van der Waals surface area contributed by atoms with Gasteiger partial charge in [-0.05, 0) is 58.5 Å². The largest absolute Gasteiger partial charge is 0.457 e. The Bertz CT molecular complexity index is 1250. The van der Waals surface area contributed by atoms with Gasteiger partial charge in [-0.25, -0.2) is 9.78 Å². The first-order valence-corrected chi connectivity index (χ1v) is 11.2. The standard InChI is InChI=1S/C23H23N7O4/c1-12-14(3-4-15-18(12)10-34-23(15)33)19(31)9-29-7-16-17(8-29)21(16)22(32)26-20-5-2-13(6-24-20)30-11-25-27-28-30/h2-6,11,16-17,19,21,31H,7-10H2,1H3,(H,24,26,32). The van der Waals surface area contributed by atoms with E-state index in [4.69, 9.17) is 4.74 Å². The number of nitrogens with zero attached hydrogens (tertiary/aromatic N) is 6. The monoisotopic (exact) mass is 461 g/mol. The number of tetrazole rings is 1. The van der Waals surface area contributed by atoms with Gasteiger partial charge >= 0.3 is 5.97 Å². The number of hydrogen-bond donors (Lipinski definition) is 2. The molecule has 1 amide bonds. The van der Waals surface area contributed by atoms with Gasteiger partial charge in [0.1, 0.15) is 18.8 Å². The third kappa shape index (κ3) is 3.53. The topological polar surface area (TPSA) is 135 Å². The Morgan fingerprint density at radius 2 is 2.09 bits per heavy atom. The van der Waals surface area contributed by atoms with Crippen molar-refractivity contribution in [3.8, 4) is 5.69 Å². The van der Waals surface area contributed by atoms with Crippen LogP contribution >= 0.6 is 0 Å². The van der Waals surface area contributed by atoms with Crippen LogP contribution in [-0.4, -0.2) is 66.7 Å². The average Bonchev–Trinajstić information content (AvgIpc) is 3.27. The van der Waals surface area contributed by atoms with Crippen LogP contribution in [0.4, 0.5) is 5.82 Å². The van der Waals surface area contributed by atoms with Gasteiger partial charge in [-0.3, -0.25) is 9.69 Å². The van der Waals surface area contributed by atoms with Crippen LogP contribution in [0.5, 0.6) is 0 Å². The predicted octanol–water partition coefficient (Wildman–Crippen LogP) is 0.886. The van der Waals surface area contributed by atoms with Gasteiger partial charge in [0.15, 0.2) is 0 Å². The molecule has 1 aromatic carbocycles. The van der Waals surface area contributed by atoms with Gasteiger partial charge < -0.3 is 15.2 Å². The van der Waals surface area contributed by atoms with Gasteiger partial charge in [0.25, 0.3) is 0 Å². The van der Waals surface area contributed by atoms with Gasteiger partial charge in [-0.15, -0.1) is 5.10 Å². The summed E-state index contributed by atoms with van der Waals surface area (Å²) in [6.45, 7) is 4.23. The van der Waals surface area contributed by atoms with Crippen LogP contribution in [0, 0.1) is 24.7 Å². The normalized spacial score (nSPS) is 23.8. The number of anilines is 1. The number of ether oxygens (including phenoxy) is 1. The molecule has 2 N–H and O–H groups in total. The van der Waals surface area contributed by atoms with Crippen molar-refractivity contribution in [2.75, 3.05) is 25.0 Å². The predicted molar refractivity (Wildman–Crippen MR) is 118 cm³/mol. The molecule has 3 atom stereocenters. The van der Waals surface area contributed by atoms with E-state index in [1.54, 1.807) is 24.4 Å². The molecule has 3 aromatic rings. The SMILES string of the molecule is Cc1c(C(O)CN2CC3C(C2)C3C(=O)Nc2ccc(-n3cnnn3)cn2)ccc2c1COC2=O. The number of aliphatic hydroxyl groups excluding tert-OH is 1. The van der Waals surface area contributed by atoms with E-state index in [-0.39, 0.29) is 24.4 Å². The van der Waals surface area contributed by atoms with Crippen molar-refractivity contribution in [3.05, 3.63) is 59.0 Å². The molecule has 1 aliphatic carbocycles. The number of carbonyl (C=O) groups excluding carboxylic acids is 2. The van der Waals surface area contributed by atoms with Gasteiger partial charge in [0.05, 0.1) is 23.6 Å². The molecule has 0 spiro atoms. The summed E-state index contributed by atoms with van der Waals surface area (Å²) in [5.41, 5.74) is 3.89. The Kier molecular flexibility index (Phi) is 4.89. The van der Waals surface area contributed by atoms with E-state index in [1.807, 2.05) is 13.0 Å². The van der Waals surface area contributed by atoms with Crippen molar-refractivity contribution in [3.63, 3.8) is 0 Å². The number of nitrogens with one attached hydrogen (secondary N) is 1. The Hall–Kier alpha value is -3.70. The number of benzene rings is 1. The van der Waals surface area contributed by atoms with Gasteiger partial charge in [-0.2, -0.15) is 4.68 Å². The number of cyclic esters (lactones) is 1. The van der Waals surface area contributed by atoms with Crippen molar-refractivity contribution < 1.29 is 19.4 Å². The van der Waals surface area contributed by atoms with Crippen LogP contribution in [0.3, 0.4) is 0 Å². The van der Waals surface area contributed by atoms with E-state index >= 15 is 0 Å². The summed E-state index contributed by atoms with van der Waals surface area (Å²) in [5, 5.41) is 24.8. The van der Waals surface area contributed by atoms with Crippen molar-refractivity contribution in [2.24, 2.45) is 17.8 Å². The first kappa shape index (κ1) is 20.9. The summed E-state index contributed by atoms with van der Waals surface area (Å²) in [6, 6.07) is 7.07. The zero-order valence-corrected chi connectivity index (χ0v) is 18.5. The van der Waals surface area contributed by atoms with E-state index in [0.29, 0.717) is 35.4 Å². The summed E-state index contributed by atoms with van der Waals surface area (Å²) >= 11 is 0. The minimum absolute atomic E-state index is 0.0167. The van der Waals surface area contributed by atoms with Crippen molar-refractivity contribution in [1.82, 2.24) is 30.1 Å². The van der Waals surface area contributed by atoms with E-state index < -0.39 is 6.10 Å². The van der Waals surface area contributed by atoms with Crippen LogP contribution in [0.25, 0.3) is 5.69 Å². The second kappa shape index (κ2) is 7.96. The lowest BCUT2D eigenvalue weighted by molar-refractivity contribution is -0.118. The fraction of sp³-hybridized carbons (Fsp3) is 0.391. The van der Waals surface area contributed by atoms with Crippen molar-refractivity contribution in [1.29, 1.82) is 0 Å². The van der Waals surface area contributed by atoms with Crippen LogP contribution in [0.1, 0.15) is 33.2 Å². The summed E-state index contributed by atoms with van der Waals surface area (Å²) in [4.78, 5) is 31.0. The summed E-state index contributed by atoms with van der Waals surface area (Å²) in [5.74, 6) is 0.728. The molecule has 3 unspecified atom stereocenters. The number of fused-ring (bicyclic) bond motifs is 2. The number of likely N-dealkylation sites (tertiary alicyclic amines) is 1. The number of amides is 1. The Morgan fingerprint density at radius 3 is 2.79 bits per heavy atom. The number of aromatic nitrogens is 5. The van der Waals surface area contributed by atoms with E-state index in [9.17, 15) is 14.7 Å². The third-order valence-corrected chi connectivity index (χ3v) is 7.18. The number of rotatable bonds is 6. The maximum Gasteiger partial charge on any atom is 0.338 e. The lowest BCUT2D eigenvalue weighted by Gasteiger charge is -2.24. The van der Waals surface area contributed by atoms with Crippen LogP contribution < -0.4 is 5.32 Å². The fourth-order valence-electron chi connectivity index (χ4n) is 5.31. The molecule has 2 aromatic heterocycles. The number of carbonyl (C=O) groups is 2. The van der Waals surface area contributed by atoms with Crippen molar-refractivity contribution in [2.45, 2.75) is 19.6 Å². The number of β-amino-alcohol motifs (C(OH)–C–C–N with tert-alkyl or cyclic N) is 1. The molecule has 3 aliphatic rings. The number of aliphatic hydroxyl groups is 1. The zero-order valence-electron chi connectivity index (χ0n) is 18.5. The quantitative estimate of drug-likeness (QED) is 0.513. The molecular formula is C23H23N7O4. The Morgan fingerprint density at radius 1 is 1.26 bits per heavy atom. The molecule has 2 aliphatic heterocycles. The highest BCUT2D eigenvalue weighted by molar-refractivity contribution is 5.94. The minimum atomic E-state index is -0.659. The number of hydrogen-bond acceptors (Lipinski definition) is 9. The number of piperidine rings is 1. The molecule has 0 bridgehead atoms. The molecule has 174 valence electrons. The summed E-state index contributed by atoms with van der Waals surface area (Å²) < 4.78 is 6.60. The molecule has 6 rings (SSSR count). The second-order valence-electron chi connectivity index (χ2n) is 9.12. The van der Waals surface area contributed by atoms with E-state index in [0.717, 1.165) is 29.8 Å². The van der Waals surface area contributed by atoms with Gasteiger partial charge in [-0.1, -0.05) is 6.07 Å². The molecular weight excluding hydrogens is 438 g/mol. The number of pyridine rings is 1. The third-order valence-electron chi connectivity index (χ3n) is 7.18. The van der Waals surface area contributed by atoms with E-state index in [2.05, 4.69) is 30.7 Å². The molecule has 11 heteroatoms. The fourth-order valence-corrected chi connectivity index (χ4v) is 5.31. The maximum absolute atomic E-state index is 12.7. The molecule has 1 saturated heterocycles. The van der Waals surface area contributed by atoms with Gasteiger partial charge in [0, 0.05) is 31.1 Å². The smallest absolute Gasteiger partial charge is 0.338 e. The van der Waals surface area contributed by atoms with Crippen molar-refractivity contribution >= 4 is 17.7 Å². The first-order chi connectivity index (χ1) is 16.5. The molecule has 2 fully saturated rings. The molecule has 11 nitrogen and oxygen atoms in total. The highest BCUT2D eigenvalue weighted by Crippen LogP contribution is 2.52. The lowest BCUT2D eigenvalue weighted by Crippen LogP contribution is -2.32. The minimum Gasteiger partial charge on any atom is -0.457 e. The van der Waals surface area contributed by atoms with Crippen LogP contribution in [-0.2, 0) is 16.1 Å². The highest BCUT2D eigenvalue weighted by atomic mass is 16.5.